The van der Waals surface area contributed by atoms with Crippen LogP contribution in [0, 0.1) is 5.92 Å². The minimum atomic E-state index is 0.0743. The van der Waals surface area contributed by atoms with Crippen molar-refractivity contribution >= 4 is 11.5 Å². The number of allylic oxidation sites excluding steroid dienone is 2. The van der Waals surface area contributed by atoms with Crippen molar-refractivity contribution in [1.29, 1.82) is 0 Å². The van der Waals surface area contributed by atoms with Crippen LogP contribution < -0.4 is 5.73 Å². The molecule has 0 saturated heterocycles. The molecule has 1 aromatic heterocycles. The summed E-state index contributed by atoms with van der Waals surface area (Å²) < 4.78 is 3.83. The van der Waals surface area contributed by atoms with E-state index in [4.69, 9.17) is 5.73 Å². The molecule has 0 bridgehead atoms. The molecule has 14 heavy (non-hydrogen) atoms. The summed E-state index contributed by atoms with van der Waals surface area (Å²) in [6.45, 7) is 0. The second kappa shape index (κ2) is 4.66. The molecular formula is C10H15N3S. The monoisotopic (exact) mass is 209 g/mol. The van der Waals surface area contributed by atoms with Crippen LogP contribution in [0.1, 0.15) is 37.4 Å². The van der Waals surface area contributed by atoms with Gasteiger partial charge in [0.1, 0.15) is 0 Å². The Balaban J connectivity index is 1.88. The van der Waals surface area contributed by atoms with Crippen LogP contribution in [-0.2, 0) is 0 Å². The Kier molecular flexibility index (Phi) is 3.26. The quantitative estimate of drug-likeness (QED) is 0.777. The van der Waals surface area contributed by atoms with Gasteiger partial charge < -0.3 is 5.73 Å². The third kappa shape index (κ3) is 2.39. The number of hydrogen-bond donors (Lipinski definition) is 1. The van der Waals surface area contributed by atoms with Crippen molar-refractivity contribution in [2.24, 2.45) is 11.7 Å². The summed E-state index contributed by atoms with van der Waals surface area (Å²) in [6.07, 6.45) is 9.20. The third-order valence-corrected chi connectivity index (χ3v) is 3.24. The molecule has 0 saturated carbocycles. The van der Waals surface area contributed by atoms with Crippen LogP contribution in [0.15, 0.2) is 17.5 Å². The molecule has 0 amide bonds. The SMILES string of the molecule is NC(CC1CC=CCC1)c1csnn1. The van der Waals surface area contributed by atoms with E-state index in [1.54, 1.807) is 0 Å². The summed E-state index contributed by atoms with van der Waals surface area (Å²) in [5.74, 6) is 0.733. The molecule has 0 spiro atoms. The van der Waals surface area contributed by atoms with E-state index in [9.17, 15) is 0 Å². The van der Waals surface area contributed by atoms with Crippen molar-refractivity contribution < 1.29 is 0 Å². The Morgan fingerprint density at radius 1 is 1.57 bits per heavy atom. The van der Waals surface area contributed by atoms with Crippen LogP contribution >= 0.6 is 11.5 Å². The molecule has 0 aliphatic heterocycles. The van der Waals surface area contributed by atoms with Crippen LogP contribution in [0.5, 0.6) is 0 Å². The van der Waals surface area contributed by atoms with Gasteiger partial charge in [0.05, 0.1) is 11.7 Å². The van der Waals surface area contributed by atoms with Gasteiger partial charge in [0.15, 0.2) is 0 Å². The lowest BCUT2D eigenvalue weighted by Crippen LogP contribution is -2.16. The maximum absolute atomic E-state index is 6.05. The first kappa shape index (κ1) is 9.80. The summed E-state index contributed by atoms with van der Waals surface area (Å²) in [5.41, 5.74) is 7.00. The highest BCUT2D eigenvalue weighted by Gasteiger charge is 2.16. The Morgan fingerprint density at radius 2 is 2.50 bits per heavy atom. The Hall–Kier alpha value is -0.740. The maximum atomic E-state index is 6.05. The van der Waals surface area contributed by atoms with Gasteiger partial charge in [-0.15, -0.1) is 5.10 Å². The van der Waals surface area contributed by atoms with Crippen molar-refractivity contribution in [3.63, 3.8) is 0 Å². The van der Waals surface area contributed by atoms with E-state index < -0.39 is 0 Å². The second-order valence-electron chi connectivity index (χ2n) is 3.82. The maximum Gasteiger partial charge on any atom is 0.0922 e. The molecule has 4 heteroatoms. The Bertz CT molecular complexity index is 294. The van der Waals surface area contributed by atoms with E-state index in [0.29, 0.717) is 0 Å². The van der Waals surface area contributed by atoms with Gasteiger partial charge in [-0.2, -0.15) is 0 Å². The number of aromatic nitrogens is 2. The molecular weight excluding hydrogens is 194 g/mol. The topological polar surface area (TPSA) is 51.8 Å². The predicted octanol–water partition coefficient (Wildman–Crippen LogP) is 2.28. The van der Waals surface area contributed by atoms with E-state index >= 15 is 0 Å². The Morgan fingerprint density at radius 3 is 3.14 bits per heavy atom. The molecule has 2 rings (SSSR count). The summed E-state index contributed by atoms with van der Waals surface area (Å²) in [6, 6.07) is 0.0743. The Labute approximate surface area is 88.2 Å². The normalized spacial score (nSPS) is 23.6. The molecule has 0 fully saturated rings. The lowest BCUT2D eigenvalue weighted by molar-refractivity contribution is 0.403. The lowest BCUT2D eigenvalue weighted by Gasteiger charge is -2.20. The van der Waals surface area contributed by atoms with Crippen LogP contribution in [0.2, 0.25) is 0 Å². The molecule has 0 radical (unpaired) electrons. The first-order valence-corrected chi connectivity index (χ1v) is 5.87. The van der Waals surface area contributed by atoms with Crippen molar-refractivity contribution in [2.45, 2.75) is 31.7 Å². The van der Waals surface area contributed by atoms with Crippen LogP contribution in [0.3, 0.4) is 0 Å². The van der Waals surface area contributed by atoms with Crippen LogP contribution in [-0.4, -0.2) is 9.59 Å². The second-order valence-corrected chi connectivity index (χ2v) is 4.43. The summed E-state index contributed by atoms with van der Waals surface area (Å²) in [7, 11) is 0. The average molecular weight is 209 g/mol. The molecule has 2 atom stereocenters. The first-order valence-electron chi connectivity index (χ1n) is 5.04. The molecule has 1 aliphatic rings. The fourth-order valence-electron chi connectivity index (χ4n) is 1.88. The molecule has 2 unspecified atom stereocenters. The van der Waals surface area contributed by atoms with E-state index in [1.165, 1.54) is 30.8 Å². The van der Waals surface area contributed by atoms with E-state index in [2.05, 4.69) is 21.7 Å². The molecule has 76 valence electrons. The molecule has 3 nitrogen and oxygen atoms in total. The van der Waals surface area contributed by atoms with Crippen molar-refractivity contribution in [2.75, 3.05) is 0 Å². The first-order chi connectivity index (χ1) is 6.86. The number of nitrogens with zero attached hydrogens (tertiary/aromatic N) is 2. The summed E-state index contributed by atoms with van der Waals surface area (Å²) in [4.78, 5) is 0. The molecule has 2 N–H and O–H groups in total. The van der Waals surface area contributed by atoms with Gasteiger partial charge in [0.25, 0.3) is 0 Å². The van der Waals surface area contributed by atoms with Gasteiger partial charge in [-0.05, 0) is 43.1 Å². The zero-order chi connectivity index (χ0) is 9.80. The van der Waals surface area contributed by atoms with Crippen molar-refractivity contribution in [3.05, 3.63) is 23.2 Å². The largest absolute Gasteiger partial charge is 0.323 e. The standard InChI is InChI=1S/C10H15N3S/c11-9(10-7-14-13-12-10)6-8-4-2-1-3-5-8/h1-2,7-9H,3-6,11H2. The van der Waals surface area contributed by atoms with E-state index in [0.717, 1.165) is 18.0 Å². The van der Waals surface area contributed by atoms with E-state index in [1.807, 2.05) is 5.38 Å². The zero-order valence-corrected chi connectivity index (χ0v) is 8.91. The minimum absolute atomic E-state index is 0.0743. The van der Waals surface area contributed by atoms with Gasteiger partial charge >= 0.3 is 0 Å². The minimum Gasteiger partial charge on any atom is -0.323 e. The fraction of sp³-hybridized carbons (Fsp3) is 0.600. The summed E-state index contributed by atoms with van der Waals surface area (Å²) in [5, 5.41) is 5.95. The van der Waals surface area contributed by atoms with Crippen LogP contribution in [0.4, 0.5) is 0 Å². The number of rotatable bonds is 3. The smallest absolute Gasteiger partial charge is 0.0922 e. The molecule has 1 heterocycles. The van der Waals surface area contributed by atoms with Gasteiger partial charge in [0.2, 0.25) is 0 Å². The molecule has 0 aromatic carbocycles. The van der Waals surface area contributed by atoms with Gasteiger partial charge in [0, 0.05) is 5.38 Å². The lowest BCUT2D eigenvalue weighted by atomic mass is 9.88. The molecule has 1 aromatic rings. The van der Waals surface area contributed by atoms with Crippen LogP contribution in [0.25, 0.3) is 0 Å². The van der Waals surface area contributed by atoms with Gasteiger partial charge in [-0.3, -0.25) is 0 Å². The highest BCUT2D eigenvalue weighted by atomic mass is 32.1. The fourth-order valence-corrected chi connectivity index (χ4v) is 2.40. The highest BCUT2D eigenvalue weighted by molar-refractivity contribution is 7.03. The van der Waals surface area contributed by atoms with Gasteiger partial charge in [-0.25, -0.2) is 0 Å². The van der Waals surface area contributed by atoms with Crippen molar-refractivity contribution in [3.8, 4) is 0 Å². The third-order valence-electron chi connectivity index (χ3n) is 2.72. The summed E-state index contributed by atoms with van der Waals surface area (Å²) >= 11 is 1.37. The van der Waals surface area contributed by atoms with Gasteiger partial charge in [-0.1, -0.05) is 16.6 Å². The zero-order valence-electron chi connectivity index (χ0n) is 8.10. The molecule has 1 aliphatic carbocycles. The van der Waals surface area contributed by atoms with Crippen molar-refractivity contribution in [1.82, 2.24) is 9.59 Å². The van der Waals surface area contributed by atoms with E-state index in [-0.39, 0.29) is 6.04 Å². The predicted molar refractivity (Wildman–Crippen MR) is 57.9 cm³/mol. The number of hydrogen-bond acceptors (Lipinski definition) is 4. The number of nitrogens with two attached hydrogens (primary N) is 1. The average Bonchev–Trinajstić information content (AvgIpc) is 2.72. The highest BCUT2D eigenvalue weighted by Crippen LogP contribution is 2.27.